The number of aromatic carboxylic acids is 1. The van der Waals surface area contributed by atoms with Crippen LogP contribution in [0.15, 0.2) is 52.9 Å². The minimum absolute atomic E-state index is 0.205. The quantitative estimate of drug-likeness (QED) is 0.715. The summed E-state index contributed by atoms with van der Waals surface area (Å²) in [6.07, 6.45) is 0.954. The Hall–Kier alpha value is -2.70. The SMILES string of the molecule is O=C(O)c1ccc(CN2CCC(c3nnc(-c4ccc(Cl)cc4)o3)C2)cc1. The predicted octanol–water partition coefficient (Wildman–Crippen LogP) is 4.08. The number of halogens is 1. The van der Waals surface area contributed by atoms with Crippen LogP contribution in [0.1, 0.15) is 34.2 Å². The van der Waals surface area contributed by atoms with Crippen molar-refractivity contribution in [2.24, 2.45) is 0 Å². The van der Waals surface area contributed by atoms with Gasteiger partial charge in [-0.15, -0.1) is 10.2 Å². The van der Waals surface area contributed by atoms with E-state index in [0.29, 0.717) is 22.4 Å². The average molecular weight is 384 g/mol. The molecule has 1 unspecified atom stereocenters. The maximum Gasteiger partial charge on any atom is 0.335 e. The molecule has 1 saturated heterocycles. The van der Waals surface area contributed by atoms with E-state index in [4.69, 9.17) is 21.1 Å². The van der Waals surface area contributed by atoms with Gasteiger partial charge in [-0.1, -0.05) is 23.7 Å². The van der Waals surface area contributed by atoms with Gasteiger partial charge in [-0.2, -0.15) is 0 Å². The molecule has 0 radical (unpaired) electrons. The van der Waals surface area contributed by atoms with E-state index in [9.17, 15) is 4.79 Å². The lowest BCUT2D eigenvalue weighted by Gasteiger charge is -2.15. The average Bonchev–Trinajstić information content (AvgIpc) is 3.32. The molecule has 2 aromatic carbocycles. The standard InChI is InChI=1S/C20H18ClN3O3/c21-17-7-5-14(6-8-17)18-22-23-19(27-18)16-9-10-24(12-16)11-13-1-3-15(4-2-13)20(25)26/h1-8,16H,9-12H2,(H,25,26). The van der Waals surface area contributed by atoms with E-state index >= 15 is 0 Å². The fourth-order valence-electron chi connectivity index (χ4n) is 3.30. The summed E-state index contributed by atoms with van der Waals surface area (Å²) in [5.74, 6) is 0.459. The van der Waals surface area contributed by atoms with Gasteiger partial charge in [0.2, 0.25) is 11.8 Å². The highest BCUT2D eigenvalue weighted by Crippen LogP contribution is 2.29. The highest BCUT2D eigenvalue weighted by molar-refractivity contribution is 6.30. The lowest BCUT2D eigenvalue weighted by atomic mass is 10.1. The maximum absolute atomic E-state index is 10.9. The second-order valence-electron chi connectivity index (χ2n) is 6.68. The number of rotatable bonds is 5. The Morgan fingerprint density at radius 1 is 1.15 bits per heavy atom. The third-order valence-electron chi connectivity index (χ3n) is 4.76. The van der Waals surface area contributed by atoms with Gasteiger partial charge in [0.15, 0.2) is 0 Å². The van der Waals surface area contributed by atoms with E-state index in [1.165, 1.54) is 0 Å². The van der Waals surface area contributed by atoms with Gasteiger partial charge >= 0.3 is 5.97 Å². The Bertz CT molecular complexity index is 938. The summed E-state index contributed by atoms with van der Waals surface area (Å²) in [6.45, 7) is 2.54. The van der Waals surface area contributed by atoms with Crippen LogP contribution in [0.5, 0.6) is 0 Å². The monoisotopic (exact) mass is 383 g/mol. The van der Waals surface area contributed by atoms with E-state index in [1.54, 1.807) is 24.3 Å². The van der Waals surface area contributed by atoms with Gasteiger partial charge in [-0.25, -0.2) is 4.79 Å². The predicted molar refractivity (Wildman–Crippen MR) is 101 cm³/mol. The van der Waals surface area contributed by atoms with Crippen LogP contribution in [0.4, 0.5) is 0 Å². The molecule has 27 heavy (non-hydrogen) atoms. The van der Waals surface area contributed by atoms with Gasteiger partial charge in [-0.3, -0.25) is 4.90 Å². The van der Waals surface area contributed by atoms with E-state index in [-0.39, 0.29) is 5.92 Å². The van der Waals surface area contributed by atoms with Gasteiger partial charge in [0.05, 0.1) is 11.5 Å². The molecule has 4 rings (SSSR count). The molecule has 0 spiro atoms. The Balaban J connectivity index is 1.39. The lowest BCUT2D eigenvalue weighted by molar-refractivity contribution is 0.0697. The van der Waals surface area contributed by atoms with Crippen LogP contribution in [-0.4, -0.2) is 39.3 Å². The van der Waals surface area contributed by atoms with Crippen molar-refractivity contribution >= 4 is 17.6 Å². The third kappa shape index (κ3) is 4.02. The first-order chi connectivity index (χ1) is 13.1. The molecule has 3 aromatic rings. The first-order valence-electron chi connectivity index (χ1n) is 8.72. The minimum Gasteiger partial charge on any atom is -0.478 e. The number of nitrogens with zero attached hydrogens (tertiary/aromatic N) is 3. The molecule has 0 aliphatic carbocycles. The highest BCUT2D eigenvalue weighted by Gasteiger charge is 2.28. The second kappa shape index (κ2) is 7.50. The van der Waals surface area contributed by atoms with Crippen molar-refractivity contribution in [3.63, 3.8) is 0 Å². The first kappa shape index (κ1) is 17.7. The summed E-state index contributed by atoms with van der Waals surface area (Å²) in [7, 11) is 0. The summed E-state index contributed by atoms with van der Waals surface area (Å²) in [4.78, 5) is 13.2. The summed E-state index contributed by atoms with van der Waals surface area (Å²) >= 11 is 5.91. The molecule has 1 aliphatic rings. The van der Waals surface area contributed by atoms with Crippen molar-refractivity contribution in [1.82, 2.24) is 15.1 Å². The topological polar surface area (TPSA) is 79.5 Å². The molecule has 7 heteroatoms. The second-order valence-corrected chi connectivity index (χ2v) is 7.11. The zero-order valence-electron chi connectivity index (χ0n) is 14.5. The van der Waals surface area contributed by atoms with Crippen LogP contribution in [0.25, 0.3) is 11.5 Å². The fraction of sp³-hybridized carbons (Fsp3) is 0.250. The molecule has 6 nitrogen and oxygen atoms in total. The number of hydrogen-bond acceptors (Lipinski definition) is 5. The largest absolute Gasteiger partial charge is 0.478 e. The number of benzene rings is 2. The van der Waals surface area contributed by atoms with Crippen LogP contribution < -0.4 is 0 Å². The summed E-state index contributed by atoms with van der Waals surface area (Å²) in [6, 6.07) is 14.3. The Kier molecular flexibility index (Phi) is 4.92. The van der Waals surface area contributed by atoms with Crippen molar-refractivity contribution in [2.75, 3.05) is 13.1 Å². The van der Waals surface area contributed by atoms with Gasteiger partial charge in [0.1, 0.15) is 0 Å². The van der Waals surface area contributed by atoms with Crippen LogP contribution in [-0.2, 0) is 6.54 Å². The first-order valence-corrected chi connectivity index (χ1v) is 9.10. The van der Waals surface area contributed by atoms with Crippen LogP contribution in [0.3, 0.4) is 0 Å². The Morgan fingerprint density at radius 3 is 2.59 bits per heavy atom. The van der Waals surface area contributed by atoms with E-state index in [0.717, 1.165) is 37.2 Å². The highest BCUT2D eigenvalue weighted by atomic mass is 35.5. The maximum atomic E-state index is 10.9. The van der Waals surface area contributed by atoms with Gasteiger partial charge in [0.25, 0.3) is 0 Å². The molecule has 1 fully saturated rings. The molecular weight excluding hydrogens is 366 g/mol. The van der Waals surface area contributed by atoms with E-state index < -0.39 is 5.97 Å². The van der Waals surface area contributed by atoms with Crippen molar-refractivity contribution in [2.45, 2.75) is 18.9 Å². The zero-order chi connectivity index (χ0) is 18.8. The molecular formula is C20H18ClN3O3. The van der Waals surface area contributed by atoms with Gasteiger partial charge in [-0.05, 0) is 54.9 Å². The molecule has 2 heterocycles. The number of carboxylic acid groups (broad SMARTS) is 1. The third-order valence-corrected chi connectivity index (χ3v) is 5.01. The van der Waals surface area contributed by atoms with E-state index in [1.807, 2.05) is 24.3 Å². The Labute approximate surface area is 161 Å². The van der Waals surface area contributed by atoms with Crippen molar-refractivity contribution in [1.29, 1.82) is 0 Å². The molecule has 1 N–H and O–H groups in total. The minimum atomic E-state index is -0.907. The van der Waals surface area contributed by atoms with Gasteiger partial charge in [0, 0.05) is 23.7 Å². The number of hydrogen-bond donors (Lipinski definition) is 1. The van der Waals surface area contributed by atoms with Crippen LogP contribution in [0.2, 0.25) is 5.02 Å². The van der Waals surface area contributed by atoms with Crippen LogP contribution in [0, 0.1) is 0 Å². The summed E-state index contributed by atoms with van der Waals surface area (Å²) in [5.41, 5.74) is 2.25. The molecule has 1 aliphatic heterocycles. The summed E-state index contributed by atoms with van der Waals surface area (Å²) < 4.78 is 5.88. The van der Waals surface area contributed by atoms with Crippen molar-refractivity contribution < 1.29 is 14.3 Å². The van der Waals surface area contributed by atoms with Crippen LogP contribution >= 0.6 is 11.6 Å². The molecule has 138 valence electrons. The number of likely N-dealkylation sites (tertiary alicyclic amines) is 1. The lowest BCUT2D eigenvalue weighted by Crippen LogP contribution is -2.19. The smallest absolute Gasteiger partial charge is 0.335 e. The molecule has 1 aromatic heterocycles. The molecule has 0 amide bonds. The zero-order valence-corrected chi connectivity index (χ0v) is 15.3. The molecule has 0 saturated carbocycles. The number of aromatic nitrogens is 2. The summed E-state index contributed by atoms with van der Waals surface area (Å²) in [5, 5.41) is 18.0. The van der Waals surface area contributed by atoms with Crippen molar-refractivity contribution in [3.8, 4) is 11.5 Å². The fourth-order valence-corrected chi connectivity index (χ4v) is 3.42. The number of carboxylic acids is 1. The van der Waals surface area contributed by atoms with E-state index in [2.05, 4.69) is 15.1 Å². The number of carbonyl (C=O) groups is 1. The normalized spacial score (nSPS) is 17.3. The van der Waals surface area contributed by atoms with Crippen molar-refractivity contribution in [3.05, 3.63) is 70.6 Å². The Morgan fingerprint density at radius 2 is 1.89 bits per heavy atom. The van der Waals surface area contributed by atoms with Gasteiger partial charge < -0.3 is 9.52 Å². The molecule has 1 atom stereocenters. The molecule has 0 bridgehead atoms.